The molecule has 0 fully saturated rings. The average molecular weight is 359 g/mol. The van der Waals surface area contributed by atoms with Gasteiger partial charge in [-0.2, -0.15) is 0 Å². The highest BCUT2D eigenvalue weighted by Crippen LogP contribution is 2.31. The van der Waals surface area contributed by atoms with Crippen molar-refractivity contribution in [2.45, 2.75) is 0 Å². The van der Waals surface area contributed by atoms with Gasteiger partial charge in [-0.25, -0.2) is 0 Å². The Morgan fingerprint density at radius 2 is 1.32 bits per heavy atom. The Labute approximate surface area is 146 Å². The molecule has 0 aliphatic carbocycles. The number of non-ortho nitro benzene ring substituents is 1. The van der Waals surface area contributed by atoms with E-state index in [0.717, 1.165) is 0 Å². The average Bonchev–Trinajstić information content (AvgIpc) is 2.61. The van der Waals surface area contributed by atoms with Gasteiger partial charge in [0, 0.05) is 20.3 Å². The third-order valence-corrected chi connectivity index (χ3v) is 2.97. The van der Waals surface area contributed by atoms with Gasteiger partial charge >= 0.3 is 0 Å². The standard InChI is InChI=1S/C16H25NO8/c1-20-5-7-22-9-11-24-15-4-3-14(17(18)19)13-16(15)25-12-10-23-8-6-21-2/h3-4,13H,5-12H2,1-2H3. The van der Waals surface area contributed by atoms with Crippen molar-refractivity contribution in [2.24, 2.45) is 0 Å². The summed E-state index contributed by atoms with van der Waals surface area (Å²) >= 11 is 0. The van der Waals surface area contributed by atoms with E-state index in [0.29, 0.717) is 57.7 Å². The molecule has 1 aromatic carbocycles. The van der Waals surface area contributed by atoms with E-state index < -0.39 is 4.92 Å². The van der Waals surface area contributed by atoms with Crippen molar-refractivity contribution in [3.63, 3.8) is 0 Å². The Morgan fingerprint density at radius 1 is 0.800 bits per heavy atom. The number of nitro groups is 1. The maximum Gasteiger partial charge on any atom is 0.273 e. The second kappa shape index (κ2) is 13.4. The zero-order valence-corrected chi connectivity index (χ0v) is 14.6. The molecule has 0 N–H and O–H groups in total. The summed E-state index contributed by atoms with van der Waals surface area (Å²) in [6, 6.07) is 4.20. The second-order valence-corrected chi connectivity index (χ2v) is 4.80. The van der Waals surface area contributed by atoms with Gasteiger partial charge in [0.2, 0.25) is 0 Å². The summed E-state index contributed by atoms with van der Waals surface area (Å²) in [5.41, 5.74) is -0.0704. The first kappa shape index (κ1) is 21.1. The van der Waals surface area contributed by atoms with Crippen molar-refractivity contribution in [3.05, 3.63) is 28.3 Å². The molecule has 0 radical (unpaired) electrons. The Hall–Kier alpha value is -1.94. The first-order chi connectivity index (χ1) is 12.2. The first-order valence-electron chi connectivity index (χ1n) is 7.86. The van der Waals surface area contributed by atoms with E-state index in [2.05, 4.69) is 0 Å². The van der Waals surface area contributed by atoms with Crippen LogP contribution in [0.25, 0.3) is 0 Å². The quantitative estimate of drug-likeness (QED) is 0.265. The minimum Gasteiger partial charge on any atom is -0.487 e. The Morgan fingerprint density at radius 3 is 1.84 bits per heavy atom. The normalized spacial score (nSPS) is 10.6. The summed E-state index contributed by atoms with van der Waals surface area (Å²) < 4.78 is 31.5. The van der Waals surface area contributed by atoms with Crippen LogP contribution < -0.4 is 9.47 Å². The monoisotopic (exact) mass is 359 g/mol. The number of benzene rings is 1. The summed E-state index contributed by atoms with van der Waals surface area (Å²) in [6.45, 7) is 3.18. The van der Waals surface area contributed by atoms with E-state index >= 15 is 0 Å². The lowest BCUT2D eigenvalue weighted by Gasteiger charge is -2.13. The molecular weight excluding hydrogens is 334 g/mol. The third-order valence-electron chi connectivity index (χ3n) is 2.97. The number of ether oxygens (including phenoxy) is 6. The summed E-state index contributed by atoms with van der Waals surface area (Å²) in [5.74, 6) is 0.708. The van der Waals surface area contributed by atoms with Crippen LogP contribution in [0, 0.1) is 10.1 Å². The summed E-state index contributed by atoms with van der Waals surface area (Å²) in [4.78, 5) is 10.4. The number of rotatable bonds is 15. The van der Waals surface area contributed by atoms with Crippen LogP contribution in [0.4, 0.5) is 5.69 Å². The number of methoxy groups -OCH3 is 2. The highest BCUT2D eigenvalue weighted by Gasteiger charge is 2.13. The smallest absolute Gasteiger partial charge is 0.273 e. The number of nitrogens with zero attached hydrogens (tertiary/aromatic N) is 1. The number of nitro benzene ring substituents is 1. The molecule has 142 valence electrons. The fourth-order valence-corrected chi connectivity index (χ4v) is 1.75. The highest BCUT2D eigenvalue weighted by molar-refractivity contribution is 5.48. The van der Waals surface area contributed by atoms with E-state index in [1.165, 1.54) is 18.2 Å². The van der Waals surface area contributed by atoms with Gasteiger partial charge in [-0.1, -0.05) is 0 Å². The minimum atomic E-state index is -0.487. The van der Waals surface area contributed by atoms with Gasteiger partial charge in [-0.3, -0.25) is 10.1 Å². The molecule has 0 saturated carbocycles. The molecule has 0 bridgehead atoms. The van der Waals surface area contributed by atoms with Crippen LogP contribution >= 0.6 is 0 Å². The van der Waals surface area contributed by atoms with E-state index in [1.54, 1.807) is 14.2 Å². The minimum absolute atomic E-state index is 0.0704. The molecule has 1 aromatic rings. The van der Waals surface area contributed by atoms with E-state index in [9.17, 15) is 10.1 Å². The van der Waals surface area contributed by atoms with Crippen molar-refractivity contribution in [1.29, 1.82) is 0 Å². The number of hydrogen-bond donors (Lipinski definition) is 0. The van der Waals surface area contributed by atoms with Gasteiger partial charge in [0.05, 0.1) is 50.6 Å². The van der Waals surface area contributed by atoms with Gasteiger partial charge in [-0.05, 0) is 6.07 Å². The van der Waals surface area contributed by atoms with Crippen LogP contribution in [0.3, 0.4) is 0 Å². The van der Waals surface area contributed by atoms with Crippen LogP contribution in [0.5, 0.6) is 11.5 Å². The maximum absolute atomic E-state index is 10.9. The predicted molar refractivity (Wildman–Crippen MR) is 89.5 cm³/mol. The predicted octanol–water partition coefficient (Wildman–Crippen LogP) is 1.68. The van der Waals surface area contributed by atoms with Crippen LogP contribution in [0.15, 0.2) is 18.2 Å². The zero-order valence-electron chi connectivity index (χ0n) is 14.6. The van der Waals surface area contributed by atoms with Gasteiger partial charge in [0.25, 0.3) is 5.69 Å². The lowest BCUT2D eigenvalue weighted by Crippen LogP contribution is -2.12. The lowest BCUT2D eigenvalue weighted by atomic mass is 10.3. The van der Waals surface area contributed by atoms with Crippen molar-refractivity contribution >= 4 is 5.69 Å². The van der Waals surface area contributed by atoms with Gasteiger partial charge in [0.1, 0.15) is 13.2 Å². The zero-order chi connectivity index (χ0) is 18.3. The molecule has 0 aliphatic rings. The first-order valence-corrected chi connectivity index (χ1v) is 7.86. The summed E-state index contributed by atoms with van der Waals surface area (Å²) in [5, 5.41) is 10.9. The van der Waals surface area contributed by atoms with Crippen molar-refractivity contribution < 1.29 is 33.3 Å². The topological polar surface area (TPSA) is 98.5 Å². The molecule has 0 unspecified atom stereocenters. The molecular formula is C16H25NO8. The fourth-order valence-electron chi connectivity index (χ4n) is 1.75. The Balaban J connectivity index is 2.49. The highest BCUT2D eigenvalue weighted by atomic mass is 16.6. The van der Waals surface area contributed by atoms with Crippen LogP contribution in [-0.4, -0.2) is 72.0 Å². The molecule has 0 heterocycles. The lowest BCUT2D eigenvalue weighted by molar-refractivity contribution is -0.385. The Bertz CT molecular complexity index is 497. The third kappa shape index (κ3) is 9.20. The summed E-state index contributed by atoms with van der Waals surface area (Å²) in [6.07, 6.45) is 0. The van der Waals surface area contributed by atoms with E-state index in [-0.39, 0.29) is 12.3 Å². The molecule has 0 spiro atoms. The molecule has 0 aliphatic heterocycles. The molecule has 25 heavy (non-hydrogen) atoms. The maximum atomic E-state index is 10.9. The molecule has 0 atom stereocenters. The van der Waals surface area contributed by atoms with Crippen molar-refractivity contribution in [1.82, 2.24) is 0 Å². The molecule has 9 nitrogen and oxygen atoms in total. The van der Waals surface area contributed by atoms with Gasteiger partial charge in [-0.15, -0.1) is 0 Å². The molecule has 9 heteroatoms. The van der Waals surface area contributed by atoms with Crippen molar-refractivity contribution in [3.8, 4) is 11.5 Å². The molecule has 0 amide bonds. The largest absolute Gasteiger partial charge is 0.487 e. The van der Waals surface area contributed by atoms with E-state index in [4.69, 9.17) is 28.4 Å². The van der Waals surface area contributed by atoms with Crippen LogP contribution in [-0.2, 0) is 18.9 Å². The SMILES string of the molecule is COCCOCCOc1ccc([N+](=O)[O-])cc1OCCOCCOC. The molecule has 0 saturated heterocycles. The van der Waals surface area contributed by atoms with E-state index in [1.807, 2.05) is 0 Å². The Kier molecular flexibility index (Phi) is 11.3. The summed E-state index contributed by atoms with van der Waals surface area (Å²) in [7, 11) is 3.19. The van der Waals surface area contributed by atoms with Gasteiger partial charge in [0.15, 0.2) is 11.5 Å². The van der Waals surface area contributed by atoms with Gasteiger partial charge < -0.3 is 28.4 Å². The van der Waals surface area contributed by atoms with Crippen LogP contribution in [0.2, 0.25) is 0 Å². The molecule has 1 rings (SSSR count). The van der Waals surface area contributed by atoms with Crippen molar-refractivity contribution in [2.75, 3.05) is 67.1 Å². The number of hydrogen-bond acceptors (Lipinski definition) is 8. The second-order valence-electron chi connectivity index (χ2n) is 4.80. The van der Waals surface area contributed by atoms with Crippen LogP contribution in [0.1, 0.15) is 0 Å². The fraction of sp³-hybridized carbons (Fsp3) is 0.625. The molecule has 0 aromatic heterocycles.